The summed E-state index contributed by atoms with van der Waals surface area (Å²) >= 11 is 0. The molecule has 0 N–H and O–H groups in total. The normalized spacial score (nSPS) is 11.2. The van der Waals surface area contributed by atoms with Crippen molar-refractivity contribution in [3.05, 3.63) is 41.5 Å². The molecule has 0 spiro atoms. The highest BCUT2D eigenvalue weighted by atomic mass is 19.1. The van der Waals surface area contributed by atoms with Gasteiger partial charge in [0, 0.05) is 18.8 Å². The summed E-state index contributed by atoms with van der Waals surface area (Å²) in [7, 11) is 0. The van der Waals surface area contributed by atoms with Crippen LogP contribution in [0.2, 0.25) is 0 Å². The summed E-state index contributed by atoms with van der Waals surface area (Å²) in [5.74, 6) is -0.272. The third-order valence-electron chi connectivity index (χ3n) is 2.87. The number of nitrogens with zero attached hydrogens (tertiary/aromatic N) is 3. The first-order chi connectivity index (χ1) is 9.67. The maximum Gasteiger partial charge on any atom is 0.204 e. The Bertz CT molecular complexity index is 565. The zero-order valence-electron chi connectivity index (χ0n) is 11.8. The van der Waals surface area contributed by atoms with Gasteiger partial charge in [-0.25, -0.2) is 9.07 Å². The molecule has 0 saturated carbocycles. The van der Waals surface area contributed by atoms with E-state index in [4.69, 9.17) is 9.47 Å². The molecule has 1 aromatic carbocycles. The molecule has 2 rings (SSSR count). The number of benzene rings is 1. The maximum absolute atomic E-state index is 13.6. The summed E-state index contributed by atoms with van der Waals surface area (Å²) in [4.78, 5) is 0. The molecule has 5 nitrogen and oxygen atoms in total. The average molecular weight is 279 g/mol. The van der Waals surface area contributed by atoms with E-state index in [1.54, 1.807) is 25.3 Å². The summed E-state index contributed by atoms with van der Waals surface area (Å²) in [5.41, 5.74) is 1.74. The Labute approximate surface area is 117 Å². The number of halogens is 1. The molecule has 0 fully saturated rings. The van der Waals surface area contributed by atoms with E-state index in [1.807, 2.05) is 13.8 Å². The van der Waals surface area contributed by atoms with Gasteiger partial charge in [0.2, 0.25) is 6.29 Å². The summed E-state index contributed by atoms with van der Waals surface area (Å²) in [6.45, 7) is 6.49. The second-order valence-electron chi connectivity index (χ2n) is 4.21. The molecule has 2 aromatic rings. The van der Waals surface area contributed by atoms with Crippen molar-refractivity contribution in [3.63, 3.8) is 0 Å². The van der Waals surface area contributed by atoms with Gasteiger partial charge in [-0.2, -0.15) is 0 Å². The highest BCUT2D eigenvalue weighted by Gasteiger charge is 2.17. The van der Waals surface area contributed by atoms with Crippen LogP contribution in [0.15, 0.2) is 24.4 Å². The average Bonchev–Trinajstić information content (AvgIpc) is 2.91. The fourth-order valence-corrected chi connectivity index (χ4v) is 1.87. The van der Waals surface area contributed by atoms with Gasteiger partial charge in [-0.1, -0.05) is 11.3 Å². The molecule has 0 aliphatic heterocycles. The molecule has 0 radical (unpaired) electrons. The number of ether oxygens (including phenoxy) is 2. The Balaban J connectivity index is 2.30. The molecule has 0 aliphatic rings. The molecule has 1 heterocycles. The molecule has 1 aromatic heterocycles. The van der Waals surface area contributed by atoms with Gasteiger partial charge >= 0.3 is 0 Å². The molecule has 0 unspecified atom stereocenters. The van der Waals surface area contributed by atoms with Gasteiger partial charge in [0.15, 0.2) is 0 Å². The van der Waals surface area contributed by atoms with Crippen molar-refractivity contribution >= 4 is 0 Å². The molecule has 6 heteroatoms. The van der Waals surface area contributed by atoms with Crippen LogP contribution in [0.1, 0.15) is 31.4 Å². The predicted octanol–water partition coefficient (Wildman–Crippen LogP) is 2.79. The topological polar surface area (TPSA) is 49.2 Å². The van der Waals surface area contributed by atoms with Crippen LogP contribution < -0.4 is 0 Å². The van der Waals surface area contributed by atoms with Crippen molar-refractivity contribution < 1.29 is 13.9 Å². The van der Waals surface area contributed by atoms with Crippen LogP contribution in [0, 0.1) is 12.7 Å². The maximum atomic E-state index is 13.6. The Kier molecular flexibility index (Phi) is 4.81. The standard InChI is InChI=1S/C14H18FN3O2/c1-4-19-14(20-5-2)12-9-18(17-16-12)13-8-6-7-11(15)10(13)3/h6-9,14H,4-5H2,1-3H3. The van der Waals surface area contributed by atoms with Gasteiger partial charge in [0.25, 0.3) is 0 Å². The van der Waals surface area contributed by atoms with Gasteiger partial charge in [-0.15, -0.1) is 5.10 Å². The Morgan fingerprint density at radius 1 is 1.25 bits per heavy atom. The smallest absolute Gasteiger partial charge is 0.204 e. The van der Waals surface area contributed by atoms with Crippen LogP contribution in [-0.2, 0) is 9.47 Å². The molecule has 0 atom stereocenters. The van der Waals surface area contributed by atoms with Crippen LogP contribution in [0.5, 0.6) is 0 Å². The summed E-state index contributed by atoms with van der Waals surface area (Å²) in [5, 5.41) is 8.06. The lowest BCUT2D eigenvalue weighted by molar-refractivity contribution is -0.142. The van der Waals surface area contributed by atoms with E-state index in [1.165, 1.54) is 10.7 Å². The lowest BCUT2D eigenvalue weighted by Crippen LogP contribution is -2.09. The fraction of sp³-hybridized carbons (Fsp3) is 0.429. The van der Waals surface area contributed by atoms with Gasteiger partial charge in [0.05, 0.1) is 11.9 Å². The molecule has 20 heavy (non-hydrogen) atoms. The molecule has 108 valence electrons. The quantitative estimate of drug-likeness (QED) is 0.763. The van der Waals surface area contributed by atoms with Crippen molar-refractivity contribution in [3.8, 4) is 5.69 Å². The highest BCUT2D eigenvalue weighted by Crippen LogP contribution is 2.20. The monoisotopic (exact) mass is 279 g/mol. The first-order valence-electron chi connectivity index (χ1n) is 6.58. The van der Waals surface area contributed by atoms with E-state index < -0.39 is 6.29 Å². The summed E-state index contributed by atoms with van der Waals surface area (Å²) in [6, 6.07) is 4.84. The SMILES string of the molecule is CCOC(OCC)c1cn(-c2cccc(F)c2C)nn1. The summed E-state index contributed by atoms with van der Waals surface area (Å²) in [6.07, 6.45) is 1.14. The van der Waals surface area contributed by atoms with Crippen molar-refractivity contribution in [1.29, 1.82) is 0 Å². The number of hydrogen-bond acceptors (Lipinski definition) is 4. The first-order valence-corrected chi connectivity index (χ1v) is 6.58. The summed E-state index contributed by atoms with van der Waals surface area (Å²) < 4.78 is 26.0. The van der Waals surface area contributed by atoms with Crippen LogP contribution in [0.3, 0.4) is 0 Å². The lowest BCUT2D eigenvalue weighted by Gasteiger charge is -2.13. The van der Waals surface area contributed by atoms with Gasteiger partial charge in [-0.3, -0.25) is 0 Å². The Hall–Kier alpha value is -1.79. The minimum absolute atomic E-state index is 0.272. The van der Waals surface area contributed by atoms with Crippen molar-refractivity contribution in [2.45, 2.75) is 27.1 Å². The predicted molar refractivity (Wildman–Crippen MR) is 72.0 cm³/mol. The van der Waals surface area contributed by atoms with Crippen molar-refractivity contribution in [1.82, 2.24) is 15.0 Å². The molecular formula is C14H18FN3O2. The fourth-order valence-electron chi connectivity index (χ4n) is 1.87. The second kappa shape index (κ2) is 6.58. The minimum atomic E-state index is -0.549. The van der Waals surface area contributed by atoms with Gasteiger partial charge in [0.1, 0.15) is 11.5 Å². The largest absolute Gasteiger partial charge is 0.347 e. The minimum Gasteiger partial charge on any atom is -0.347 e. The van der Waals surface area contributed by atoms with Crippen LogP contribution in [0.25, 0.3) is 5.69 Å². The van der Waals surface area contributed by atoms with Crippen molar-refractivity contribution in [2.75, 3.05) is 13.2 Å². The zero-order chi connectivity index (χ0) is 14.5. The third-order valence-corrected chi connectivity index (χ3v) is 2.87. The Morgan fingerprint density at radius 2 is 1.95 bits per heavy atom. The number of aromatic nitrogens is 3. The highest BCUT2D eigenvalue weighted by molar-refractivity contribution is 5.40. The molecule has 0 amide bonds. The molecule has 0 aliphatic carbocycles. The van der Waals surface area contributed by atoms with E-state index in [0.29, 0.717) is 30.2 Å². The first kappa shape index (κ1) is 14.6. The van der Waals surface area contributed by atoms with E-state index >= 15 is 0 Å². The van der Waals surface area contributed by atoms with Crippen LogP contribution in [0.4, 0.5) is 4.39 Å². The number of rotatable bonds is 6. The lowest BCUT2D eigenvalue weighted by atomic mass is 10.2. The molecule has 0 saturated heterocycles. The molecule has 0 bridgehead atoms. The van der Waals surface area contributed by atoms with Crippen LogP contribution >= 0.6 is 0 Å². The van der Waals surface area contributed by atoms with Crippen molar-refractivity contribution in [2.24, 2.45) is 0 Å². The van der Waals surface area contributed by atoms with E-state index in [9.17, 15) is 4.39 Å². The number of hydrogen-bond donors (Lipinski definition) is 0. The zero-order valence-corrected chi connectivity index (χ0v) is 11.8. The van der Waals surface area contributed by atoms with Gasteiger partial charge < -0.3 is 9.47 Å². The second-order valence-corrected chi connectivity index (χ2v) is 4.21. The third kappa shape index (κ3) is 3.02. The van der Waals surface area contributed by atoms with E-state index in [-0.39, 0.29) is 5.82 Å². The van der Waals surface area contributed by atoms with E-state index in [0.717, 1.165) is 0 Å². The van der Waals surface area contributed by atoms with Crippen LogP contribution in [-0.4, -0.2) is 28.2 Å². The molecular weight excluding hydrogens is 261 g/mol. The Morgan fingerprint density at radius 3 is 2.60 bits per heavy atom. The van der Waals surface area contributed by atoms with E-state index in [2.05, 4.69) is 10.3 Å². The van der Waals surface area contributed by atoms with Gasteiger partial charge in [-0.05, 0) is 32.9 Å².